The number of hydrogen-bond donors (Lipinski definition) is 0. The van der Waals surface area contributed by atoms with Crippen LogP contribution >= 0.6 is 0 Å². The summed E-state index contributed by atoms with van der Waals surface area (Å²) in [6, 6.07) is 11.0. The number of rotatable bonds is 0. The fraction of sp³-hybridized carbons (Fsp3) is 0.357. The molecule has 0 radical (unpaired) electrons. The van der Waals surface area contributed by atoms with Gasteiger partial charge in [0.15, 0.2) is 0 Å². The molecule has 1 saturated heterocycles. The lowest BCUT2D eigenvalue weighted by molar-refractivity contribution is -0.129. The number of hydrogen-bond acceptors (Lipinski definition) is 1. The van der Waals surface area contributed by atoms with Crippen molar-refractivity contribution in [2.24, 2.45) is 0 Å². The second-order valence-electron chi connectivity index (χ2n) is 4.11. The van der Waals surface area contributed by atoms with Crippen LogP contribution in [0.25, 0.3) is 0 Å². The maximum atomic E-state index is 11.5. The second-order valence-corrected chi connectivity index (χ2v) is 4.11. The fourth-order valence-electron chi connectivity index (χ4n) is 1.69. The molecule has 0 bridgehead atoms. The number of likely N-dealkylation sites (tertiary alicyclic amines) is 1. The molecule has 0 aliphatic carbocycles. The van der Waals surface area contributed by atoms with Crippen molar-refractivity contribution < 1.29 is 4.79 Å². The van der Waals surface area contributed by atoms with Crippen LogP contribution in [0.4, 0.5) is 0 Å². The summed E-state index contributed by atoms with van der Waals surface area (Å²) in [6.45, 7) is 2.82. The van der Waals surface area contributed by atoms with Crippen molar-refractivity contribution in [3.05, 3.63) is 35.4 Å². The smallest absolute Gasteiger partial charge is 0.234 e. The van der Waals surface area contributed by atoms with E-state index in [0.29, 0.717) is 6.42 Å². The van der Waals surface area contributed by atoms with Gasteiger partial charge in [-0.3, -0.25) is 9.69 Å². The topological polar surface area (TPSA) is 20.3 Å². The summed E-state index contributed by atoms with van der Waals surface area (Å²) >= 11 is 0. The zero-order chi connectivity index (χ0) is 11.4. The molecule has 1 aliphatic rings. The summed E-state index contributed by atoms with van der Waals surface area (Å²) < 4.78 is 0. The van der Waals surface area contributed by atoms with Gasteiger partial charge in [-0.1, -0.05) is 17.7 Å². The largest absolute Gasteiger partial charge is 0.274 e. The quantitative estimate of drug-likeness (QED) is 0.606. The predicted molar refractivity (Wildman–Crippen MR) is 63.6 cm³/mol. The van der Waals surface area contributed by atoms with Crippen molar-refractivity contribution in [2.45, 2.75) is 26.2 Å². The summed E-state index contributed by atoms with van der Waals surface area (Å²) in [4.78, 5) is 13.1. The molecule has 1 aromatic carbocycles. The first kappa shape index (κ1) is 10.8. The fourth-order valence-corrected chi connectivity index (χ4v) is 1.69. The number of amides is 1. The van der Waals surface area contributed by atoms with Gasteiger partial charge >= 0.3 is 0 Å². The maximum Gasteiger partial charge on any atom is 0.234 e. The first-order valence-electron chi connectivity index (χ1n) is 5.64. The molecule has 82 valence electrons. The van der Waals surface area contributed by atoms with Crippen LogP contribution in [-0.4, -0.2) is 17.4 Å². The first-order chi connectivity index (χ1) is 7.75. The van der Waals surface area contributed by atoms with E-state index in [0.717, 1.165) is 24.9 Å². The number of aryl methyl sites for hydroxylation is 1. The van der Waals surface area contributed by atoms with Gasteiger partial charge in [0.1, 0.15) is 0 Å². The SMILES string of the molecule is Cc1ccc(C#CN2CCCCC2=O)cc1. The van der Waals surface area contributed by atoms with Crippen LogP contribution in [0.1, 0.15) is 30.4 Å². The lowest BCUT2D eigenvalue weighted by Gasteiger charge is -2.19. The minimum atomic E-state index is 0.158. The van der Waals surface area contributed by atoms with Crippen molar-refractivity contribution in [3.63, 3.8) is 0 Å². The van der Waals surface area contributed by atoms with Gasteiger partial charge in [0, 0.05) is 24.6 Å². The van der Waals surface area contributed by atoms with Crippen LogP contribution < -0.4 is 0 Å². The lowest BCUT2D eigenvalue weighted by atomic mass is 10.1. The van der Waals surface area contributed by atoms with E-state index in [4.69, 9.17) is 0 Å². The number of nitrogens with zero attached hydrogens (tertiary/aromatic N) is 1. The summed E-state index contributed by atoms with van der Waals surface area (Å²) in [7, 11) is 0. The van der Waals surface area contributed by atoms with Crippen LogP contribution in [0.15, 0.2) is 24.3 Å². The Morgan fingerprint density at radius 2 is 1.94 bits per heavy atom. The highest BCUT2D eigenvalue weighted by atomic mass is 16.2. The number of carbonyl (C=O) groups excluding carboxylic acids is 1. The Kier molecular flexibility index (Phi) is 3.26. The van der Waals surface area contributed by atoms with Gasteiger partial charge in [0.25, 0.3) is 0 Å². The molecule has 0 unspecified atom stereocenters. The molecule has 2 nitrogen and oxygen atoms in total. The average Bonchev–Trinajstić information content (AvgIpc) is 2.30. The number of piperidine rings is 1. The van der Waals surface area contributed by atoms with Gasteiger partial charge in [-0.2, -0.15) is 0 Å². The highest BCUT2D eigenvalue weighted by molar-refractivity contribution is 5.78. The first-order valence-corrected chi connectivity index (χ1v) is 5.64. The Morgan fingerprint density at radius 3 is 2.62 bits per heavy atom. The van der Waals surface area contributed by atoms with E-state index in [-0.39, 0.29) is 5.91 Å². The zero-order valence-electron chi connectivity index (χ0n) is 9.49. The third kappa shape index (κ3) is 2.64. The summed E-state index contributed by atoms with van der Waals surface area (Å²) in [5.41, 5.74) is 2.18. The molecular formula is C14H15NO. The molecule has 2 rings (SSSR count). The third-order valence-electron chi connectivity index (χ3n) is 2.71. The average molecular weight is 213 g/mol. The van der Waals surface area contributed by atoms with Crippen molar-refractivity contribution in [1.82, 2.24) is 4.90 Å². The molecule has 0 spiro atoms. The minimum absolute atomic E-state index is 0.158. The predicted octanol–water partition coefficient (Wildman–Crippen LogP) is 2.32. The summed E-state index contributed by atoms with van der Waals surface area (Å²) in [5.74, 6) is 3.19. The summed E-state index contributed by atoms with van der Waals surface area (Å²) in [5, 5.41) is 0. The Balaban J connectivity index is 2.08. The van der Waals surface area contributed by atoms with Crippen molar-refractivity contribution in [1.29, 1.82) is 0 Å². The Hall–Kier alpha value is -1.75. The molecule has 1 amide bonds. The zero-order valence-corrected chi connectivity index (χ0v) is 9.49. The number of carbonyl (C=O) groups is 1. The molecule has 1 aromatic rings. The minimum Gasteiger partial charge on any atom is -0.274 e. The van der Waals surface area contributed by atoms with Gasteiger partial charge in [0.05, 0.1) is 0 Å². The molecule has 1 fully saturated rings. The highest BCUT2D eigenvalue weighted by Crippen LogP contribution is 2.09. The van der Waals surface area contributed by atoms with Gasteiger partial charge in [-0.05, 0) is 37.8 Å². The van der Waals surface area contributed by atoms with Crippen molar-refractivity contribution in [3.8, 4) is 12.0 Å². The van der Waals surface area contributed by atoms with Crippen LogP contribution in [0.5, 0.6) is 0 Å². The second kappa shape index (κ2) is 4.85. The monoisotopic (exact) mass is 213 g/mol. The van der Waals surface area contributed by atoms with Gasteiger partial charge in [-0.15, -0.1) is 0 Å². The van der Waals surface area contributed by atoms with Gasteiger partial charge < -0.3 is 0 Å². The van der Waals surface area contributed by atoms with Crippen LogP contribution in [-0.2, 0) is 4.79 Å². The van der Waals surface area contributed by atoms with E-state index in [1.54, 1.807) is 4.90 Å². The van der Waals surface area contributed by atoms with Gasteiger partial charge in [0.2, 0.25) is 5.91 Å². The molecule has 1 aliphatic heterocycles. The Morgan fingerprint density at radius 1 is 1.19 bits per heavy atom. The maximum absolute atomic E-state index is 11.5. The van der Waals surface area contributed by atoms with E-state index in [9.17, 15) is 4.79 Å². The van der Waals surface area contributed by atoms with Crippen LogP contribution in [0.2, 0.25) is 0 Å². The number of benzene rings is 1. The highest BCUT2D eigenvalue weighted by Gasteiger charge is 2.15. The molecular weight excluding hydrogens is 198 g/mol. The molecule has 2 heteroatoms. The molecule has 1 heterocycles. The van der Waals surface area contributed by atoms with Crippen LogP contribution in [0.3, 0.4) is 0 Å². The van der Waals surface area contributed by atoms with E-state index in [1.807, 2.05) is 31.2 Å². The molecule has 0 atom stereocenters. The standard InChI is InChI=1S/C14H15NO/c1-12-5-7-13(8-6-12)9-11-15-10-3-2-4-14(15)16/h5-8H,2-4,10H2,1H3. The summed E-state index contributed by atoms with van der Waals surface area (Å²) in [6.07, 6.45) is 2.71. The van der Waals surface area contributed by atoms with E-state index >= 15 is 0 Å². The Labute approximate surface area is 96.3 Å². The van der Waals surface area contributed by atoms with E-state index in [2.05, 4.69) is 12.0 Å². The molecule has 0 N–H and O–H groups in total. The van der Waals surface area contributed by atoms with E-state index < -0.39 is 0 Å². The lowest BCUT2D eigenvalue weighted by Crippen LogP contribution is -2.30. The van der Waals surface area contributed by atoms with Crippen molar-refractivity contribution in [2.75, 3.05) is 6.54 Å². The molecule has 0 aromatic heterocycles. The Bertz CT molecular complexity index is 436. The van der Waals surface area contributed by atoms with E-state index in [1.165, 1.54) is 5.56 Å². The van der Waals surface area contributed by atoms with Crippen molar-refractivity contribution >= 4 is 5.91 Å². The molecule has 16 heavy (non-hydrogen) atoms. The third-order valence-corrected chi connectivity index (χ3v) is 2.71. The van der Waals surface area contributed by atoms with Crippen LogP contribution in [0, 0.1) is 18.9 Å². The molecule has 0 saturated carbocycles. The normalized spacial score (nSPS) is 15.6. The van der Waals surface area contributed by atoms with Gasteiger partial charge in [-0.25, -0.2) is 0 Å².